The van der Waals surface area contributed by atoms with Gasteiger partial charge in [0.15, 0.2) is 0 Å². The van der Waals surface area contributed by atoms with E-state index in [1.54, 1.807) is 30.3 Å². The minimum absolute atomic E-state index is 0.423. The van der Waals surface area contributed by atoms with Gasteiger partial charge in [-0.15, -0.1) is 0 Å². The maximum absolute atomic E-state index is 11.4. The van der Waals surface area contributed by atoms with Gasteiger partial charge in [-0.1, -0.05) is 18.2 Å². The third-order valence-corrected chi connectivity index (χ3v) is 1.69. The first-order valence-electron chi connectivity index (χ1n) is 4.27. The number of hydrogen-bond donors (Lipinski definition) is 2. The Labute approximate surface area is 82.1 Å². The van der Waals surface area contributed by atoms with E-state index in [1.807, 2.05) is 0 Å². The van der Waals surface area contributed by atoms with E-state index in [0.717, 1.165) is 0 Å². The molecule has 74 valence electrons. The van der Waals surface area contributed by atoms with Crippen LogP contribution in [0.1, 0.15) is 17.3 Å². The summed E-state index contributed by atoms with van der Waals surface area (Å²) in [6.07, 6.45) is 0. The van der Waals surface area contributed by atoms with Gasteiger partial charge in [-0.25, -0.2) is 0 Å². The summed E-state index contributed by atoms with van der Waals surface area (Å²) in [4.78, 5) is 22.4. The first-order valence-corrected chi connectivity index (χ1v) is 4.27. The average Bonchev–Trinajstić information content (AvgIpc) is 2.19. The van der Waals surface area contributed by atoms with Crippen molar-refractivity contribution in [3.8, 4) is 0 Å². The zero-order chi connectivity index (χ0) is 10.6. The second kappa shape index (κ2) is 4.53. The van der Waals surface area contributed by atoms with Crippen LogP contribution in [0, 0.1) is 0 Å². The Bertz CT molecular complexity index is 333. The van der Waals surface area contributed by atoms with E-state index < -0.39 is 17.9 Å². The molecule has 1 rings (SSSR count). The number of imide groups is 1. The molecule has 1 aromatic rings. The van der Waals surface area contributed by atoms with Crippen molar-refractivity contribution in [3.05, 3.63) is 35.9 Å². The number of hydrogen-bond acceptors (Lipinski definition) is 3. The van der Waals surface area contributed by atoms with E-state index in [9.17, 15) is 9.59 Å². The van der Waals surface area contributed by atoms with Crippen molar-refractivity contribution >= 4 is 11.8 Å². The van der Waals surface area contributed by atoms with Crippen LogP contribution < -0.4 is 11.1 Å². The van der Waals surface area contributed by atoms with Gasteiger partial charge in [0.1, 0.15) is 0 Å². The second-order valence-corrected chi connectivity index (χ2v) is 2.97. The predicted molar refractivity (Wildman–Crippen MR) is 52.6 cm³/mol. The van der Waals surface area contributed by atoms with Gasteiger partial charge in [0, 0.05) is 5.56 Å². The highest BCUT2D eigenvalue weighted by Crippen LogP contribution is 1.97. The van der Waals surface area contributed by atoms with Crippen LogP contribution in [0.15, 0.2) is 30.3 Å². The monoisotopic (exact) mass is 192 g/mol. The summed E-state index contributed by atoms with van der Waals surface area (Å²) in [5.74, 6) is -0.897. The highest BCUT2D eigenvalue weighted by Gasteiger charge is 2.12. The summed E-state index contributed by atoms with van der Waals surface area (Å²) in [5, 5.41) is 2.19. The van der Waals surface area contributed by atoms with Gasteiger partial charge in [-0.3, -0.25) is 14.9 Å². The van der Waals surface area contributed by atoms with Crippen molar-refractivity contribution in [2.75, 3.05) is 0 Å². The van der Waals surface area contributed by atoms with Crippen molar-refractivity contribution in [1.82, 2.24) is 5.32 Å². The van der Waals surface area contributed by atoms with Crippen LogP contribution >= 0.6 is 0 Å². The molecule has 4 nitrogen and oxygen atoms in total. The van der Waals surface area contributed by atoms with Crippen molar-refractivity contribution in [2.24, 2.45) is 5.73 Å². The number of amides is 2. The van der Waals surface area contributed by atoms with Crippen molar-refractivity contribution < 1.29 is 9.59 Å². The quantitative estimate of drug-likeness (QED) is 0.707. The molecule has 1 aromatic carbocycles. The van der Waals surface area contributed by atoms with Gasteiger partial charge < -0.3 is 5.73 Å². The fraction of sp³-hybridized carbons (Fsp3) is 0.200. The molecular weight excluding hydrogens is 180 g/mol. The summed E-state index contributed by atoms with van der Waals surface area (Å²) >= 11 is 0. The summed E-state index contributed by atoms with van der Waals surface area (Å²) in [6.45, 7) is 1.52. The molecule has 0 aliphatic heterocycles. The molecule has 14 heavy (non-hydrogen) atoms. The van der Waals surface area contributed by atoms with E-state index in [1.165, 1.54) is 6.92 Å². The molecule has 0 aliphatic carbocycles. The van der Waals surface area contributed by atoms with Gasteiger partial charge in [-0.2, -0.15) is 0 Å². The van der Waals surface area contributed by atoms with Crippen molar-refractivity contribution in [1.29, 1.82) is 0 Å². The lowest BCUT2D eigenvalue weighted by atomic mass is 10.2. The molecule has 0 spiro atoms. The molecule has 4 heteroatoms. The van der Waals surface area contributed by atoms with E-state index in [4.69, 9.17) is 5.73 Å². The van der Waals surface area contributed by atoms with Crippen LogP contribution in [-0.2, 0) is 4.79 Å². The molecule has 0 aliphatic rings. The minimum Gasteiger partial charge on any atom is -0.320 e. The topological polar surface area (TPSA) is 72.2 Å². The van der Waals surface area contributed by atoms with Crippen LogP contribution in [0.25, 0.3) is 0 Å². The fourth-order valence-corrected chi connectivity index (χ4v) is 0.887. The van der Waals surface area contributed by atoms with Crippen molar-refractivity contribution in [2.45, 2.75) is 13.0 Å². The zero-order valence-corrected chi connectivity index (χ0v) is 7.86. The van der Waals surface area contributed by atoms with E-state index in [-0.39, 0.29) is 0 Å². The summed E-state index contributed by atoms with van der Waals surface area (Å²) in [6, 6.07) is 7.83. The maximum Gasteiger partial charge on any atom is 0.257 e. The molecule has 0 aromatic heterocycles. The van der Waals surface area contributed by atoms with Gasteiger partial charge >= 0.3 is 0 Å². The number of nitrogens with one attached hydrogen (secondary N) is 1. The Balaban J connectivity index is 2.65. The lowest BCUT2D eigenvalue weighted by Crippen LogP contribution is -2.41. The van der Waals surface area contributed by atoms with Gasteiger partial charge in [0.25, 0.3) is 5.91 Å². The second-order valence-electron chi connectivity index (χ2n) is 2.97. The number of nitrogens with two attached hydrogens (primary N) is 1. The Hall–Kier alpha value is -1.68. The Kier molecular flexibility index (Phi) is 3.36. The van der Waals surface area contributed by atoms with Crippen LogP contribution in [0.2, 0.25) is 0 Å². The van der Waals surface area contributed by atoms with Gasteiger partial charge in [0.2, 0.25) is 5.91 Å². The smallest absolute Gasteiger partial charge is 0.257 e. The standard InChI is InChI=1S/C10H12N2O2/c1-7(11)9(13)12-10(14)8-5-3-2-4-6-8/h2-7H,11H2,1H3,(H,12,13,14)/t7-/m0/s1. The highest BCUT2D eigenvalue weighted by atomic mass is 16.2. The van der Waals surface area contributed by atoms with E-state index in [2.05, 4.69) is 5.32 Å². The lowest BCUT2D eigenvalue weighted by molar-refractivity contribution is -0.121. The van der Waals surface area contributed by atoms with E-state index in [0.29, 0.717) is 5.56 Å². The highest BCUT2D eigenvalue weighted by molar-refractivity contribution is 6.05. The lowest BCUT2D eigenvalue weighted by Gasteiger charge is -2.05. The summed E-state index contributed by atoms with van der Waals surface area (Å²) in [5.41, 5.74) is 5.74. The molecular formula is C10H12N2O2. The predicted octanol–water partition coefficient (Wildman–Crippen LogP) is 0.290. The Morgan fingerprint density at radius 2 is 1.86 bits per heavy atom. The molecule has 0 unspecified atom stereocenters. The molecule has 0 saturated carbocycles. The number of carbonyl (C=O) groups excluding carboxylic acids is 2. The normalized spacial score (nSPS) is 11.9. The van der Waals surface area contributed by atoms with Crippen LogP contribution in [-0.4, -0.2) is 17.9 Å². The SMILES string of the molecule is C[C@H](N)C(=O)NC(=O)c1ccccc1. The van der Waals surface area contributed by atoms with E-state index >= 15 is 0 Å². The number of carbonyl (C=O) groups is 2. The molecule has 1 atom stereocenters. The molecule has 0 fully saturated rings. The van der Waals surface area contributed by atoms with Crippen LogP contribution in [0.5, 0.6) is 0 Å². The molecule has 2 amide bonds. The fourth-order valence-electron chi connectivity index (χ4n) is 0.887. The Morgan fingerprint density at radius 3 is 2.36 bits per heavy atom. The first-order chi connectivity index (χ1) is 6.61. The third-order valence-electron chi connectivity index (χ3n) is 1.69. The zero-order valence-electron chi connectivity index (χ0n) is 7.86. The molecule has 0 bridgehead atoms. The molecule has 0 heterocycles. The van der Waals surface area contributed by atoms with Crippen molar-refractivity contribution in [3.63, 3.8) is 0 Å². The third kappa shape index (κ3) is 2.67. The minimum atomic E-state index is -0.678. The molecule has 0 saturated heterocycles. The molecule has 0 radical (unpaired) electrons. The molecule has 3 N–H and O–H groups in total. The maximum atomic E-state index is 11.4. The number of rotatable bonds is 2. The average molecular weight is 192 g/mol. The van der Waals surface area contributed by atoms with Crippen LogP contribution in [0.3, 0.4) is 0 Å². The number of benzene rings is 1. The largest absolute Gasteiger partial charge is 0.320 e. The summed E-state index contributed by atoms with van der Waals surface area (Å²) in [7, 11) is 0. The van der Waals surface area contributed by atoms with Gasteiger partial charge in [0.05, 0.1) is 6.04 Å². The first kappa shape index (κ1) is 10.4. The Morgan fingerprint density at radius 1 is 1.29 bits per heavy atom. The summed E-state index contributed by atoms with van der Waals surface area (Å²) < 4.78 is 0. The van der Waals surface area contributed by atoms with Gasteiger partial charge in [-0.05, 0) is 19.1 Å². The van der Waals surface area contributed by atoms with Crippen LogP contribution in [0.4, 0.5) is 0 Å².